The van der Waals surface area contributed by atoms with E-state index in [0.29, 0.717) is 33.8 Å². The van der Waals surface area contributed by atoms with Crippen LogP contribution in [0.4, 0.5) is 0 Å². The molecule has 24 heavy (non-hydrogen) atoms. The number of hydrogen-bond acceptors (Lipinski definition) is 5. The highest BCUT2D eigenvalue weighted by atomic mass is 32.1. The molecule has 0 radical (unpaired) electrons. The molecule has 0 saturated heterocycles. The van der Waals surface area contributed by atoms with E-state index in [-0.39, 0.29) is 11.6 Å². The van der Waals surface area contributed by atoms with Crippen molar-refractivity contribution in [2.24, 2.45) is 0 Å². The van der Waals surface area contributed by atoms with E-state index < -0.39 is 0 Å². The fourth-order valence-electron chi connectivity index (χ4n) is 3.34. The highest BCUT2D eigenvalue weighted by Gasteiger charge is 2.37. The van der Waals surface area contributed by atoms with E-state index in [4.69, 9.17) is 9.47 Å². The molecule has 0 fully saturated rings. The third kappa shape index (κ3) is 1.73. The van der Waals surface area contributed by atoms with Gasteiger partial charge in [0.25, 0.3) is 0 Å². The van der Waals surface area contributed by atoms with Gasteiger partial charge in [0, 0.05) is 16.5 Å². The monoisotopic (exact) mass is 338 g/mol. The number of benzene rings is 2. The minimum absolute atomic E-state index is 0.205. The van der Waals surface area contributed by atoms with Gasteiger partial charge in [0.1, 0.15) is 11.5 Å². The minimum Gasteiger partial charge on any atom is -0.495 e. The van der Waals surface area contributed by atoms with Gasteiger partial charge in [-0.3, -0.25) is 9.59 Å². The van der Waals surface area contributed by atoms with Gasteiger partial charge >= 0.3 is 0 Å². The van der Waals surface area contributed by atoms with Gasteiger partial charge in [0.05, 0.1) is 30.0 Å². The molecule has 0 unspecified atom stereocenters. The first-order valence-corrected chi connectivity index (χ1v) is 8.32. The van der Waals surface area contributed by atoms with Crippen molar-refractivity contribution < 1.29 is 19.1 Å². The van der Waals surface area contributed by atoms with E-state index in [0.717, 1.165) is 15.6 Å². The van der Waals surface area contributed by atoms with E-state index in [1.165, 1.54) is 25.6 Å². The molecular weight excluding hydrogens is 324 g/mol. The molecular formula is C19H14O4S. The lowest BCUT2D eigenvalue weighted by atomic mass is 9.82. The molecule has 5 heteroatoms. The van der Waals surface area contributed by atoms with Gasteiger partial charge in [-0.2, -0.15) is 0 Å². The number of rotatable bonds is 2. The Balaban J connectivity index is 2.22. The summed E-state index contributed by atoms with van der Waals surface area (Å²) in [5, 5.41) is 2.81. The van der Waals surface area contributed by atoms with Crippen molar-refractivity contribution in [3.8, 4) is 11.5 Å². The first kappa shape index (κ1) is 14.9. The van der Waals surface area contributed by atoms with E-state index in [2.05, 4.69) is 0 Å². The van der Waals surface area contributed by atoms with Crippen LogP contribution in [-0.4, -0.2) is 25.8 Å². The third-order valence-electron chi connectivity index (χ3n) is 4.39. The van der Waals surface area contributed by atoms with Crippen LogP contribution in [0.1, 0.15) is 37.4 Å². The minimum atomic E-state index is -0.206. The summed E-state index contributed by atoms with van der Waals surface area (Å²) in [5.74, 6) is 0.491. The number of methoxy groups -OCH3 is 2. The van der Waals surface area contributed by atoms with Crippen LogP contribution in [-0.2, 0) is 0 Å². The van der Waals surface area contributed by atoms with Crippen LogP contribution in [0.5, 0.6) is 11.5 Å². The molecule has 4 nitrogen and oxygen atoms in total. The average molecular weight is 338 g/mol. The summed E-state index contributed by atoms with van der Waals surface area (Å²) < 4.78 is 12.0. The second kappa shape index (κ2) is 5.18. The molecule has 1 heterocycles. The zero-order chi connectivity index (χ0) is 17.0. The molecule has 0 aliphatic heterocycles. The largest absolute Gasteiger partial charge is 0.495 e. The Labute approximate surface area is 142 Å². The molecule has 0 saturated carbocycles. The van der Waals surface area contributed by atoms with Crippen molar-refractivity contribution in [1.29, 1.82) is 0 Å². The van der Waals surface area contributed by atoms with Crippen molar-refractivity contribution in [2.75, 3.05) is 14.2 Å². The average Bonchev–Trinajstić information content (AvgIpc) is 2.99. The Kier molecular flexibility index (Phi) is 3.21. The van der Waals surface area contributed by atoms with Crippen LogP contribution in [0.25, 0.3) is 10.1 Å². The maximum atomic E-state index is 13.1. The van der Waals surface area contributed by atoms with Crippen LogP contribution in [0.3, 0.4) is 0 Å². The highest BCUT2D eigenvalue weighted by molar-refractivity contribution is 7.18. The van der Waals surface area contributed by atoms with Gasteiger partial charge < -0.3 is 9.47 Å². The fraction of sp³-hybridized carbons (Fsp3) is 0.158. The molecule has 1 aliphatic carbocycles. The number of carbonyl (C=O) groups is 2. The summed E-state index contributed by atoms with van der Waals surface area (Å²) in [4.78, 5) is 26.2. The lowest BCUT2D eigenvalue weighted by Gasteiger charge is -2.22. The Bertz CT molecular complexity index is 1030. The molecule has 0 spiro atoms. The lowest BCUT2D eigenvalue weighted by molar-refractivity contribution is 0.0974. The number of carbonyl (C=O) groups excluding carboxylic acids is 2. The Morgan fingerprint density at radius 1 is 0.875 bits per heavy atom. The molecule has 0 N–H and O–H groups in total. The van der Waals surface area contributed by atoms with Gasteiger partial charge in [0.15, 0.2) is 11.6 Å². The summed E-state index contributed by atoms with van der Waals surface area (Å²) in [6, 6.07) is 6.86. The SMILES string of the molecule is COc1c2c(c(OC)c3c(C)csc13)C(=O)c1ccccc1C2=O. The van der Waals surface area contributed by atoms with Crippen molar-refractivity contribution >= 4 is 33.0 Å². The molecule has 0 bridgehead atoms. The smallest absolute Gasteiger partial charge is 0.198 e. The third-order valence-corrected chi connectivity index (χ3v) is 5.49. The van der Waals surface area contributed by atoms with Crippen LogP contribution in [0.15, 0.2) is 29.6 Å². The number of fused-ring (bicyclic) bond motifs is 3. The second-order valence-electron chi connectivity index (χ2n) is 5.64. The molecule has 0 amide bonds. The first-order valence-electron chi connectivity index (χ1n) is 7.44. The number of ketones is 2. The fourth-order valence-corrected chi connectivity index (χ4v) is 4.42. The molecule has 2 aromatic carbocycles. The van der Waals surface area contributed by atoms with Crippen molar-refractivity contribution in [1.82, 2.24) is 0 Å². The van der Waals surface area contributed by atoms with Gasteiger partial charge in [-0.25, -0.2) is 0 Å². The quantitative estimate of drug-likeness (QED) is 0.554. The van der Waals surface area contributed by atoms with Gasteiger partial charge in [-0.1, -0.05) is 24.3 Å². The van der Waals surface area contributed by atoms with Crippen LogP contribution in [0, 0.1) is 6.92 Å². The molecule has 120 valence electrons. The maximum absolute atomic E-state index is 13.1. The van der Waals surface area contributed by atoms with Gasteiger partial charge in [-0.05, 0) is 17.9 Å². The number of thiophene rings is 1. The molecule has 0 atom stereocenters. The zero-order valence-corrected chi connectivity index (χ0v) is 14.2. The predicted octanol–water partition coefficient (Wildman–Crippen LogP) is 4.00. The molecule has 4 rings (SSSR count). The van der Waals surface area contributed by atoms with E-state index in [1.807, 2.05) is 12.3 Å². The molecule has 1 aromatic heterocycles. The topological polar surface area (TPSA) is 52.6 Å². The number of aryl methyl sites for hydroxylation is 1. The predicted molar refractivity (Wildman–Crippen MR) is 93.0 cm³/mol. The summed E-state index contributed by atoms with van der Waals surface area (Å²) in [6.45, 7) is 1.95. The summed E-state index contributed by atoms with van der Waals surface area (Å²) in [7, 11) is 3.05. The zero-order valence-electron chi connectivity index (χ0n) is 13.4. The first-order chi connectivity index (χ1) is 11.6. The normalized spacial score (nSPS) is 13.0. The highest BCUT2D eigenvalue weighted by Crippen LogP contribution is 2.48. The van der Waals surface area contributed by atoms with E-state index in [1.54, 1.807) is 24.3 Å². The molecule has 1 aliphatic rings. The summed E-state index contributed by atoms with van der Waals surface area (Å²) in [6.07, 6.45) is 0. The van der Waals surface area contributed by atoms with Crippen molar-refractivity contribution in [2.45, 2.75) is 6.92 Å². The number of hydrogen-bond donors (Lipinski definition) is 0. The van der Waals surface area contributed by atoms with Crippen LogP contribution >= 0.6 is 11.3 Å². The van der Waals surface area contributed by atoms with E-state index >= 15 is 0 Å². The van der Waals surface area contributed by atoms with Crippen LogP contribution < -0.4 is 9.47 Å². The summed E-state index contributed by atoms with van der Waals surface area (Å²) in [5.41, 5.74) is 2.40. The van der Waals surface area contributed by atoms with Gasteiger partial charge in [0.2, 0.25) is 0 Å². The Morgan fingerprint density at radius 3 is 1.96 bits per heavy atom. The standard InChI is InChI=1S/C19H14O4S/c1-9-8-24-19-12(9)17(22-2)13-14(18(19)23-3)16(21)11-7-5-4-6-10(11)15(13)20/h4-8H,1-3H3. The van der Waals surface area contributed by atoms with Crippen molar-refractivity contribution in [3.63, 3.8) is 0 Å². The molecule has 3 aromatic rings. The van der Waals surface area contributed by atoms with Gasteiger partial charge in [-0.15, -0.1) is 11.3 Å². The van der Waals surface area contributed by atoms with E-state index in [9.17, 15) is 9.59 Å². The van der Waals surface area contributed by atoms with Crippen molar-refractivity contribution in [3.05, 3.63) is 57.5 Å². The lowest BCUT2D eigenvalue weighted by Crippen LogP contribution is -2.22. The second-order valence-corrected chi connectivity index (χ2v) is 6.52. The number of ether oxygens (including phenoxy) is 2. The van der Waals surface area contributed by atoms with Crippen LogP contribution in [0.2, 0.25) is 0 Å². The maximum Gasteiger partial charge on any atom is 0.198 e. The Hall–Kier alpha value is -2.66. The summed E-state index contributed by atoms with van der Waals surface area (Å²) >= 11 is 1.48. The Morgan fingerprint density at radius 2 is 1.42 bits per heavy atom.